The van der Waals surface area contributed by atoms with Crippen LogP contribution in [0, 0.1) is 5.92 Å². The van der Waals surface area contributed by atoms with Gasteiger partial charge in [0.1, 0.15) is 5.75 Å². The largest absolute Gasteiger partial charge is 0.494 e. The summed E-state index contributed by atoms with van der Waals surface area (Å²) in [6.45, 7) is 8.09. The van der Waals surface area contributed by atoms with Crippen LogP contribution in [0.25, 0.3) is 6.08 Å². The lowest BCUT2D eigenvalue weighted by Crippen LogP contribution is -2.13. The van der Waals surface area contributed by atoms with E-state index in [2.05, 4.69) is 37.4 Å². The van der Waals surface area contributed by atoms with E-state index in [-0.39, 0.29) is 0 Å². The third-order valence-electron chi connectivity index (χ3n) is 2.67. The highest BCUT2D eigenvalue weighted by Gasteiger charge is 2.02. The first kappa shape index (κ1) is 13.8. The maximum atomic E-state index is 5.43. The molecule has 0 saturated heterocycles. The van der Waals surface area contributed by atoms with E-state index >= 15 is 0 Å². The van der Waals surface area contributed by atoms with Gasteiger partial charge in [-0.2, -0.15) is 0 Å². The van der Waals surface area contributed by atoms with E-state index < -0.39 is 0 Å². The molecule has 0 heterocycles. The van der Waals surface area contributed by atoms with Crippen molar-refractivity contribution in [2.45, 2.75) is 20.8 Å². The van der Waals surface area contributed by atoms with E-state index in [1.807, 2.05) is 26.1 Å². The van der Waals surface area contributed by atoms with Gasteiger partial charge in [-0.1, -0.05) is 37.6 Å². The standard InChI is InChI=1S/C15H23NO/c1-5-17-15-8-6-13(7-9-15)10-14(11-16-4)12(2)3/h6-10,12,16H,5,11H2,1-4H3. The van der Waals surface area contributed by atoms with Crippen LogP contribution < -0.4 is 10.1 Å². The molecule has 1 aromatic carbocycles. The maximum Gasteiger partial charge on any atom is 0.119 e. The minimum absolute atomic E-state index is 0.564. The van der Waals surface area contributed by atoms with Gasteiger partial charge in [-0.3, -0.25) is 0 Å². The molecule has 17 heavy (non-hydrogen) atoms. The predicted octanol–water partition coefficient (Wildman–Crippen LogP) is 3.34. The zero-order valence-corrected chi connectivity index (χ0v) is 11.3. The quantitative estimate of drug-likeness (QED) is 0.813. The van der Waals surface area contributed by atoms with Gasteiger partial charge >= 0.3 is 0 Å². The average Bonchev–Trinajstić information content (AvgIpc) is 2.31. The molecular formula is C15H23NO. The van der Waals surface area contributed by atoms with Crippen LogP contribution in [0.5, 0.6) is 5.75 Å². The van der Waals surface area contributed by atoms with Crippen molar-refractivity contribution < 1.29 is 4.74 Å². The van der Waals surface area contributed by atoms with Gasteiger partial charge in [-0.25, -0.2) is 0 Å². The summed E-state index contributed by atoms with van der Waals surface area (Å²) in [5, 5.41) is 3.21. The number of rotatable bonds is 6. The molecule has 0 radical (unpaired) electrons. The molecule has 0 aliphatic heterocycles. The second-order valence-corrected chi connectivity index (χ2v) is 4.41. The fourth-order valence-corrected chi connectivity index (χ4v) is 1.67. The lowest BCUT2D eigenvalue weighted by Gasteiger charge is -2.11. The van der Waals surface area contributed by atoms with Gasteiger partial charge in [0.05, 0.1) is 6.61 Å². The summed E-state index contributed by atoms with van der Waals surface area (Å²) in [7, 11) is 1.98. The van der Waals surface area contributed by atoms with E-state index in [9.17, 15) is 0 Å². The van der Waals surface area contributed by atoms with E-state index in [0.717, 1.165) is 12.3 Å². The summed E-state index contributed by atoms with van der Waals surface area (Å²) in [6, 6.07) is 8.24. The molecule has 0 saturated carbocycles. The second kappa shape index (κ2) is 7.13. The van der Waals surface area contributed by atoms with Crippen LogP contribution in [-0.2, 0) is 0 Å². The minimum atomic E-state index is 0.564. The van der Waals surface area contributed by atoms with Crippen molar-refractivity contribution in [1.82, 2.24) is 5.32 Å². The van der Waals surface area contributed by atoms with E-state index in [0.29, 0.717) is 12.5 Å². The molecule has 0 bridgehead atoms. The summed E-state index contributed by atoms with van der Waals surface area (Å²) in [5.41, 5.74) is 2.64. The molecule has 0 unspecified atom stereocenters. The number of hydrogen-bond donors (Lipinski definition) is 1. The van der Waals surface area contributed by atoms with Crippen molar-refractivity contribution in [3.8, 4) is 5.75 Å². The summed E-state index contributed by atoms with van der Waals surface area (Å²) in [4.78, 5) is 0. The molecule has 0 aromatic heterocycles. The molecule has 0 aliphatic rings. The Morgan fingerprint density at radius 1 is 1.29 bits per heavy atom. The molecule has 0 amide bonds. The first-order valence-electron chi connectivity index (χ1n) is 6.25. The molecule has 0 atom stereocenters. The highest BCUT2D eigenvalue weighted by Crippen LogP contribution is 2.17. The number of likely N-dealkylation sites (N-methyl/N-ethyl adjacent to an activating group) is 1. The van der Waals surface area contributed by atoms with Gasteiger partial charge in [0.2, 0.25) is 0 Å². The lowest BCUT2D eigenvalue weighted by molar-refractivity contribution is 0.340. The molecule has 0 aliphatic carbocycles. The summed E-state index contributed by atoms with van der Waals surface area (Å²) in [5.74, 6) is 1.50. The number of hydrogen-bond acceptors (Lipinski definition) is 2. The Labute approximate surface area is 105 Å². The average molecular weight is 233 g/mol. The van der Waals surface area contributed by atoms with Gasteiger partial charge in [0.15, 0.2) is 0 Å². The molecule has 0 spiro atoms. The Balaban J connectivity index is 2.80. The third-order valence-corrected chi connectivity index (χ3v) is 2.67. The summed E-state index contributed by atoms with van der Waals surface area (Å²) in [6.07, 6.45) is 2.25. The van der Waals surface area contributed by atoms with Crippen molar-refractivity contribution in [3.63, 3.8) is 0 Å². The Hall–Kier alpha value is -1.28. The zero-order valence-electron chi connectivity index (χ0n) is 11.3. The van der Waals surface area contributed by atoms with Crippen LogP contribution >= 0.6 is 0 Å². The Morgan fingerprint density at radius 3 is 2.41 bits per heavy atom. The van der Waals surface area contributed by atoms with Crippen molar-refractivity contribution in [3.05, 3.63) is 35.4 Å². The molecule has 94 valence electrons. The van der Waals surface area contributed by atoms with Crippen LogP contribution in [0.3, 0.4) is 0 Å². The lowest BCUT2D eigenvalue weighted by atomic mass is 10.0. The second-order valence-electron chi connectivity index (χ2n) is 4.41. The Bertz CT molecular complexity index is 352. The monoisotopic (exact) mass is 233 g/mol. The van der Waals surface area contributed by atoms with Crippen molar-refractivity contribution in [1.29, 1.82) is 0 Å². The van der Waals surface area contributed by atoms with Crippen LogP contribution in [0.4, 0.5) is 0 Å². The van der Waals surface area contributed by atoms with E-state index in [1.54, 1.807) is 0 Å². The molecular weight excluding hydrogens is 210 g/mol. The van der Waals surface area contributed by atoms with E-state index in [1.165, 1.54) is 11.1 Å². The smallest absolute Gasteiger partial charge is 0.119 e. The van der Waals surface area contributed by atoms with Crippen LogP contribution in [0.1, 0.15) is 26.3 Å². The predicted molar refractivity (Wildman–Crippen MR) is 74.4 cm³/mol. The summed E-state index contributed by atoms with van der Waals surface area (Å²) >= 11 is 0. The van der Waals surface area contributed by atoms with E-state index in [4.69, 9.17) is 4.74 Å². The highest BCUT2D eigenvalue weighted by atomic mass is 16.5. The maximum absolute atomic E-state index is 5.43. The molecule has 2 heteroatoms. The van der Waals surface area contributed by atoms with Crippen molar-refractivity contribution in [2.75, 3.05) is 20.2 Å². The summed E-state index contributed by atoms with van der Waals surface area (Å²) < 4.78 is 5.43. The first-order chi connectivity index (χ1) is 8.17. The number of nitrogens with one attached hydrogen (secondary N) is 1. The normalized spacial score (nSPS) is 11.9. The molecule has 2 nitrogen and oxygen atoms in total. The Morgan fingerprint density at radius 2 is 1.94 bits per heavy atom. The van der Waals surface area contributed by atoms with Gasteiger partial charge < -0.3 is 10.1 Å². The molecule has 1 rings (SSSR count). The minimum Gasteiger partial charge on any atom is -0.494 e. The first-order valence-corrected chi connectivity index (χ1v) is 6.25. The van der Waals surface area contributed by atoms with Crippen molar-refractivity contribution >= 4 is 6.08 Å². The van der Waals surface area contributed by atoms with Gasteiger partial charge in [0, 0.05) is 6.54 Å². The fraction of sp³-hybridized carbons (Fsp3) is 0.467. The SMILES string of the molecule is CCOc1ccc(C=C(CNC)C(C)C)cc1. The molecule has 1 N–H and O–H groups in total. The van der Waals surface area contributed by atoms with Gasteiger partial charge in [-0.05, 0) is 37.6 Å². The van der Waals surface area contributed by atoms with Crippen LogP contribution in [0.15, 0.2) is 29.8 Å². The highest BCUT2D eigenvalue weighted by molar-refractivity contribution is 5.54. The van der Waals surface area contributed by atoms with Gasteiger partial charge in [0.25, 0.3) is 0 Å². The zero-order chi connectivity index (χ0) is 12.7. The third kappa shape index (κ3) is 4.61. The fourth-order valence-electron chi connectivity index (χ4n) is 1.67. The molecule has 1 aromatic rings. The Kier molecular flexibility index (Phi) is 5.78. The van der Waals surface area contributed by atoms with Gasteiger partial charge in [-0.15, -0.1) is 0 Å². The number of benzene rings is 1. The molecule has 0 fully saturated rings. The number of ether oxygens (including phenoxy) is 1. The van der Waals surface area contributed by atoms with Crippen LogP contribution in [-0.4, -0.2) is 20.2 Å². The topological polar surface area (TPSA) is 21.3 Å². The van der Waals surface area contributed by atoms with Crippen LogP contribution in [0.2, 0.25) is 0 Å². The van der Waals surface area contributed by atoms with Crippen molar-refractivity contribution in [2.24, 2.45) is 5.92 Å².